The van der Waals surface area contributed by atoms with Gasteiger partial charge in [0.2, 0.25) is 0 Å². The first kappa shape index (κ1) is 14.3. The van der Waals surface area contributed by atoms with Crippen LogP contribution in [0.5, 0.6) is 0 Å². The molecule has 2 fully saturated rings. The third-order valence-electron chi connectivity index (χ3n) is 5.00. The molecule has 0 aromatic heterocycles. The maximum absolute atomic E-state index is 12.6. The maximum atomic E-state index is 12.6. The van der Waals surface area contributed by atoms with E-state index in [2.05, 4.69) is 19.2 Å². The summed E-state index contributed by atoms with van der Waals surface area (Å²) in [5, 5.41) is 3.09. The molecule has 0 bridgehead atoms. The molecule has 0 aromatic rings. The largest absolute Gasteiger partial charge is 0.315 e. The molecule has 0 aliphatic heterocycles. The average molecular weight is 273 g/mol. The Morgan fingerprint density at radius 2 is 1.78 bits per heavy atom. The number of rotatable bonds is 4. The molecule has 4 heteroatoms. The molecule has 0 aromatic carbocycles. The van der Waals surface area contributed by atoms with Gasteiger partial charge in [-0.25, -0.2) is 8.42 Å². The quantitative estimate of drug-likeness (QED) is 0.855. The highest BCUT2D eigenvalue weighted by Crippen LogP contribution is 2.41. The van der Waals surface area contributed by atoms with E-state index < -0.39 is 9.84 Å². The molecule has 18 heavy (non-hydrogen) atoms. The Bertz CT molecular complexity index is 383. The van der Waals surface area contributed by atoms with Gasteiger partial charge in [-0.1, -0.05) is 26.7 Å². The van der Waals surface area contributed by atoms with E-state index in [1.54, 1.807) is 0 Å². The fourth-order valence-electron chi connectivity index (χ4n) is 3.93. The van der Waals surface area contributed by atoms with Crippen LogP contribution in [0.15, 0.2) is 0 Å². The van der Waals surface area contributed by atoms with Crippen LogP contribution < -0.4 is 5.32 Å². The van der Waals surface area contributed by atoms with E-state index in [0.29, 0.717) is 11.7 Å². The van der Waals surface area contributed by atoms with Gasteiger partial charge in [-0.05, 0) is 44.1 Å². The van der Waals surface area contributed by atoms with Crippen molar-refractivity contribution >= 4 is 9.84 Å². The Morgan fingerprint density at radius 3 is 2.33 bits per heavy atom. The minimum absolute atomic E-state index is 0.0994. The fourth-order valence-corrected chi connectivity index (χ4v) is 6.57. The summed E-state index contributed by atoms with van der Waals surface area (Å²) in [7, 11) is -1.04. The number of hydrogen-bond acceptors (Lipinski definition) is 3. The van der Waals surface area contributed by atoms with Crippen molar-refractivity contribution in [3.8, 4) is 0 Å². The van der Waals surface area contributed by atoms with Crippen LogP contribution in [-0.4, -0.2) is 32.5 Å². The van der Waals surface area contributed by atoms with Crippen molar-refractivity contribution in [2.24, 2.45) is 11.3 Å². The summed E-state index contributed by atoms with van der Waals surface area (Å²) in [5.74, 6) is 0.850. The molecular formula is C14H27NO2S. The second-order valence-electron chi connectivity index (χ2n) is 6.81. The third-order valence-corrected chi connectivity index (χ3v) is 7.37. The molecule has 2 unspecified atom stereocenters. The monoisotopic (exact) mass is 273 g/mol. The first-order valence-corrected chi connectivity index (χ1v) is 8.97. The highest BCUT2D eigenvalue weighted by Gasteiger charge is 2.47. The van der Waals surface area contributed by atoms with Crippen molar-refractivity contribution < 1.29 is 8.42 Å². The van der Waals surface area contributed by atoms with Crippen LogP contribution in [0.25, 0.3) is 0 Å². The summed E-state index contributed by atoms with van der Waals surface area (Å²) in [6.07, 6.45) is 6.48. The molecule has 1 N–H and O–H groups in total. The van der Waals surface area contributed by atoms with Crippen molar-refractivity contribution in [1.29, 1.82) is 0 Å². The standard InChI is InChI=1S/C14H27NO2S/c1-14(2)9-8-12(13(14)15-3)18(16,17)10-11-6-4-5-7-11/h11-13,15H,4-10H2,1-3H3. The van der Waals surface area contributed by atoms with Crippen molar-refractivity contribution in [3.63, 3.8) is 0 Å². The second kappa shape index (κ2) is 5.12. The summed E-state index contributed by atoms with van der Waals surface area (Å²) in [5.41, 5.74) is 0.0994. The molecule has 2 saturated carbocycles. The van der Waals surface area contributed by atoms with E-state index in [1.807, 2.05) is 7.05 Å². The first-order valence-electron chi connectivity index (χ1n) is 7.25. The lowest BCUT2D eigenvalue weighted by molar-refractivity contribution is 0.297. The zero-order chi connectivity index (χ0) is 13.4. The molecule has 3 nitrogen and oxygen atoms in total. The smallest absolute Gasteiger partial charge is 0.154 e. The van der Waals surface area contributed by atoms with Crippen LogP contribution in [0.2, 0.25) is 0 Å². The van der Waals surface area contributed by atoms with Gasteiger partial charge in [0.15, 0.2) is 9.84 Å². The van der Waals surface area contributed by atoms with Crippen LogP contribution in [0.4, 0.5) is 0 Å². The highest BCUT2D eigenvalue weighted by atomic mass is 32.2. The molecule has 0 spiro atoms. The molecule has 106 valence electrons. The van der Waals surface area contributed by atoms with E-state index in [-0.39, 0.29) is 16.7 Å². The zero-order valence-corrected chi connectivity index (χ0v) is 12.7. The molecule has 2 rings (SSSR count). The Labute approximate surface area is 112 Å². The van der Waals surface area contributed by atoms with Crippen LogP contribution in [0.3, 0.4) is 0 Å². The lowest BCUT2D eigenvalue weighted by Gasteiger charge is -2.30. The summed E-state index contributed by atoms with van der Waals surface area (Å²) < 4.78 is 25.2. The molecular weight excluding hydrogens is 246 g/mol. The zero-order valence-electron chi connectivity index (χ0n) is 11.9. The minimum Gasteiger partial charge on any atom is -0.315 e. The lowest BCUT2D eigenvalue weighted by atomic mass is 9.87. The first-order chi connectivity index (χ1) is 8.37. The Morgan fingerprint density at radius 1 is 1.17 bits per heavy atom. The minimum atomic E-state index is -2.94. The van der Waals surface area contributed by atoms with E-state index in [0.717, 1.165) is 25.7 Å². The molecule has 0 radical (unpaired) electrons. The van der Waals surface area contributed by atoms with Gasteiger partial charge >= 0.3 is 0 Å². The molecule has 2 aliphatic rings. The third kappa shape index (κ3) is 2.74. The van der Waals surface area contributed by atoms with Gasteiger partial charge in [0.1, 0.15) is 0 Å². The SMILES string of the molecule is CNC1C(S(=O)(=O)CC2CCCC2)CCC1(C)C. The van der Waals surface area contributed by atoms with Gasteiger partial charge in [0.05, 0.1) is 11.0 Å². The number of sulfone groups is 1. The number of nitrogens with one attached hydrogen (secondary N) is 1. The summed E-state index contributed by atoms with van der Waals surface area (Å²) in [6, 6.07) is 0.115. The normalized spacial score (nSPS) is 33.1. The fraction of sp³-hybridized carbons (Fsp3) is 1.00. The van der Waals surface area contributed by atoms with Crippen LogP contribution in [0.1, 0.15) is 52.4 Å². The molecule has 0 amide bonds. The van der Waals surface area contributed by atoms with Gasteiger partial charge in [0, 0.05) is 6.04 Å². The summed E-state index contributed by atoms with van der Waals surface area (Å²) in [4.78, 5) is 0. The van der Waals surface area contributed by atoms with Crippen LogP contribution in [-0.2, 0) is 9.84 Å². The molecule has 0 saturated heterocycles. The summed E-state index contributed by atoms with van der Waals surface area (Å²) >= 11 is 0. The predicted molar refractivity (Wildman–Crippen MR) is 75.4 cm³/mol. The molecule has 2 aliphatic carbocycles. The van der Waals surface area contributed by atoms with Crippen molar-refractivity contribution in [2.75, 3.05) is 12.8 Å². The van der Waals surface area contributed by atoms with E-state index in [4.69, 9.17) is 0 Å². The predicted octanol–water partition coefficient (Wildman–Crippen LogP) is 2.37. The van der Waals surface area contributed by atoms with Gasteiger partial charge in [-0.2, -0.15) is 0 Å². The van der Waals surface area contributed by atoms with Crippen molar-refractivity contribution in [1.82, 2.24) is 5.32 Å². The van der Waals surface area contributed by atoms with Crippen LogP contribution >= 0.6 is 0 Å². The Hall–Kier alpha value is -0.0900. The lowest BCUT2D eigenvalue weighted by Crippen LogP contribution is -2.46. The van der Waals surface area contributed by atoms with E-state index in [1.165, 1.54) is 12.8 Å². The van der Waals surface area contributed by atoms with Gasteiger partial charge in [-0.15, -0.1) is 0 Å². The molecule has 0 heterocycles. The Balaban J connectivity index is 2.09. The Kier molecular flexibility index (Phi) is 4.07. The van der Waals surface area contributed by atoms with Crippen LogP contribution in [0, 0.1) is 11.3 Å². The van der Waals surface area contributed by atoms with Gasteiger partial charge < -0.3 is 5.32 Å². The van der Waals surface area contributed by atoms with E-state index >= 15 is 0 Å². The van der Waals surface area contributed by atoms with Gasteiger partial charge in [-0.3, -0.25) is 0 Å². The topological polar surface area (TPSA) is 46.2 Å². The second-order valence-corrected chi connectivity index (χ2v) is 9.08. The molecule has 2 atom stereocenters. The average Bonchev–Trinajstić information content (AvgIpc) is 2.84. The van der Waals surface area contributed by atoms with Crippen molar-refractivity contribution in [2.45, 2.75) is 63.7 Å². The number of hydrogen-bond donors (Lipinski definition) is 1. The summed E-state index contributed by atoms with van der Waals surface area (Å²) in [6.45, 7) is 4.36. The maximum Gasteiger partial charge on any atom is 0.154 e. The van der Waals surface area contributed by atoms with Crippen molar-refractivity contribution in [3.05, 3.63) is 0 Å². The highest BCUT2D eigenvalue weighted by molar-refractivity contribution is 7.92. The van der Waals surface area contributed by atoms with Gasteiger partial charge in [0.25, 0.3) is 0 Å². The van der Waals surface area contributed by atoms with E-state index in [9.17, 15) is 8.42 Å².